The van der Waals surface area contributed by atoms with Crippen LogP contribution in [0.25, 0.3) is 0 Å². The Morgan fingerprint density at radius 2 is 2.47 bits per heavy atom. The second kappa shape index (κ2) is 5.50. The van der Waals surface area contributed by atoms with E-state index in [4.69, 9.17) is 5.73 Å². The maximum Gasteiger partial charge on any atom is 0.241 e. The number of hydrogen-bond acceptors (Lipinski definition) is 3. The minimum atomic E-state index is -0.426. The Morgan fingerprint density at radius 3 is 3.00 bits per heavy atom. The topological polar surface area (TPSA) is 72.9 Å². The second-order valence-electron chi connectivity index (χ2n) is 3.64. The van der Waals surface area contributed by atoms with Crippen molar-refractivity contribution in [3.8, 4) is 0 Å². The maximum atomic E-state index is 11.6. The van der Waals surface area contributed by atoms with Crippen LogP contribution in [0.15, 0.2) is 12.4 Å². The highest BCUT2D eigenvalue weighted by molar-refractivity contribution is 5.94. The number of anilines is 1. The van der Waals surface area contributed by atoms with Gasteiger partial charge in [0.15, 0.2) is 0 Å². The Balaban J connectivity index is 2.41. The minimum absolute atomic E-state index is 0.142. The highest BCUT2D eigenvalue weighted by Crippen LogP contribution is 2.05. The molecule has 1 aromatic heterocycles. The molecule has 15 heavy (non-hydrogen) atoms. The molecular weight excluding hydrogens is 192 g/mol. The number of unbranched alkanes of at least 4 members (excludes halogenated alkanes) is 1. The molecule has 0 fully saturated rings. The number of rotatable bonds is 5. The first-order valence-corrected chi connectivity index (χ1v) is 5.18. The van der Waals surface area contributed by atoms with Crippen LogP contribution in [-0.2, 0) is 11.8 Å². The van der Waals surface area contributed by atoms with Gasteiger partial charge in [0.2, 0.25) is 5.91 Å². The first-order valence-electron chi connectivity index (χ1n) is 5.18. The van der Waals surface area contributed by atoms with Gasteiger partial charge in [-0.25, -0.2) is 0 Å². The SMILES string of the molecule is CCCC[C@H](N)C(=O)Nc1cnn(C)c1. The average Bonchev–Trinajstić information content (AvgIpc) is 2.60. The number of carbonyl (C=O) groups excluding carboxylic acids is 1. The van der Waals surface area contributed by atoms with Crippen molar-refractivity contribution in [3.63, 3.8) is 0 Å². The third-order valence-electron chi connectivity index (χ3n) is 2.18. The maximum absolute atomic E-state index is 11.6. The first-order chi connectivity index (χ1) is 7.13. The predicted octanol–water partition coefficient (Wildman–Crippen LogP) is 0.876. The summed E-state index contributed by atoms with van der Waals surface area (Å²) in [6, 6.07) is -0.426. The third-order valence-corrected chi connectivity index (χ3v) is 2.18. The van der Waals surface area contributed by atoms with Gasteiger partial charge in [-0.1, -0.05) is 19.8 Å². The summed E-state index contributed by atoms with van der Waals surface area (Å²) < 4.78 is 1.63. The van der Waals surface area contributed by atoms with Crippen LogP contribution >= 0.6 is 0 Å². The number of amides is 1. The van der Waals surface area contributed by atoms with E-state index in [1.165, 1.54) is 0 Å². The lowest BCUT2D eigenvalue weighted by Gasteiger charge is -2.09. The van der Waals surface area contributed by atoms with Gasteiger partial charge in [-0.2, -0.15) is 5.10 Å². The lowest BCUT2D eigenvalue weighted by Crippen LogP contribution is -2.35. The van der Waals surface area contributed by atoms with E-state index >= 15 is 0 Å². The van der Waals surface area contributed by atoms with Crippen molar-refractivity contribution >= 4 is 11.6 Å². The van der Waals surface area contributed by atoms with Gasteiger partial charge in [0.25, 0.3) is 0 Å². The number of hydrogen-bond donors (Lipinski definition) is 2. The normalized spacial score (nSPS) is 12.5. The molecule has 0 aromatic carbocycles. The summed E-state index contributed by atoms with van der Waals surface area (Å²) in [5.41, 5.74) is 6.41. The zero-order valence-corrected chi connectivity index (χ0v) is 9.23. The summed E-state index contributed by atoms with van der Waals surface area (Å²) in [6.45, 7) is 2.08. The van der Waals surface area contributed by atoms with E-state index < -0.39 is 6.04 Å². The average molecular weight is 210 g/mol. The Hall–Kier alpha value is -1.36. The van der Waals surface area contributed by atoms with E-state index in [0.717, 1.165) is 19.3 Å². The Labute approximate surface area is 89.6 Å². The molecule has 0 saturated carbocycles. The number of nitrogens with two attached hydrogens (primary N) is 1. The largest absolute Gasteiger partial charge is 0.322 e. The molecule has 0 aliphatic carbocycles. The van der Waals surface area contributed by atoms with Crippen molar-refractivity contribution in [2.24, 2.45) is 12.8 Å². The molecule has 1 rings (SSSR count). The molecule has 1 heterocycles. The van der Waals surface area contributed by atoms with E-state index in [1.807, 2.05) is 0 Å². The van der Waals surface area contributed by atoms with Gasteiger partial charge in [0, 0.05) is 13.2 Å². The molecule has 0 aliphatic rings. The van der Waals surface area contributed by atoms with Crippen LogP contribution in [0.3, 0.4) is 0 Å². The van der Waals surface area contributed by atoms with Gasteiger partial charge >= 0.3 is 0 Å². The molecule has 0 bridgehead atoms. The monoisotopic (exact) mass is 210 g/mol. The molecule has 0 aliphatic heterocycles. The lowest BCUT2D eigenvalue weighted by molar-refractivity contribution is -0.117. The Morgan fingerprint density at radius 1 is 1.73 bits per heavy atom. The van der Waals surface area contributed by atoms with Gasteiger partial charge in [-0.15, -0.1) is 0 Å². The van der Waals surface area contributed by atoms with E-state index in [2.05, 4.69) is 17.3 Å². The van der Waals surface area contributed by atoms with E-state index in [1.54, 1.807) is 24.1 Å². The van der Waals surface area contributed by atoms with Crippen molar-refractivity contribution < 1.29 is 4.79 Å². The molecule has 3 N–H and O–H groups in total. The summed E-state index contributed by atoms with van der Waals surface area (Å²) in [5.74, 6) is -0.142. The van der Waals surface area contributed by atoms with Gasteiger partial charge in [0.05, 0.1) is 17.9 Å². The molecule has 0 spiro atoms. The number of aromatic nitrogens is 2. The Bertz CT molecular complexity index is 321. The number of aryl methyl sites for hydroxylation is 1. The zero-order chi connectivity index (χ0) is 11.3. The molecule has 1 aromatic rings. The van der Waals surface area contributed by atoms with Crippen LogP contribution in [0.2, 0.25) is 0 Å². The summed E-state index contributed by atoms with van der Waals surface area (Å²) in [7, 11) is 1.80. The number of nitrogens with zero attached hydrogens (tertiary/aromatic N) is 2. The van der Waals surface area contributed by atoms with Crippen LogP contribution < -0.4 is 11.1 Å². The standard InChI is InChI=1S/C10H18N4O/c1-3-4-5-9(11)10(15)13-8-6-12-14(2)7-8/h6-7,9H,3-5,11H2,1-2H3,(H,13,15)/t9-/m0/s1. The van der Waals surface area contributed by atoms with Crippen LogP contribution in [0, 0.1) is 0 Å². The smallest absolute Gasteiger partial charge is 0.241 e. The highest BCUT2D eigenvalue weighted by Gasteiger charge is 2.13. The summed E-state index contributed by atoms with van der Waals surface area (Å²) in [6.07, 6.45) is 6.09. The molecule has 5 heteroatoms. The van der Waals surface area contributed by atoms with Crippen molar-refractivity contribution in [2.45, 2.75) is 32.2 Å². The molecule has 0 saturated heterocycles. The van der Waals surface area contributed by atoms with Crippen molar-refractivity contribution in [1.29, 1.82) is 0 Å². The number of nitrogens with one attached hydrogen (secondary N) is 1. The van der Waals surface area contributed by atoms with Crippen molar-refractivity contribution in [3.05, 3.63) is 12.4 Å². The van der Waals surface area contributed by atoms with Gasteiger partial charge < -0.3 is 11.1 Å². The van der Waals surface area contributed by atoms with Crippen LogP contribution in [0.5, 0.6) is 0 Å². The molecule has 0 radical (unpaired) electrons. The van der Waals surface area contributed by atoms with Crippen LogP contribution in [0.4, 0.5) is 5.69 Å². The van der Waals surface area contributed by atoms with E-state index in [0.29, 0.717) is 5.69 Å². The van der Waals surface area contributed by atoms with E-state index in [9.17, 15) is 4.79 Å². The van der Waals surface area contributed by atoms with E-state index in [-0.39, 0.29) is 5.91 Å². The number of carbonyl (C=O) groups is 1. The zero-order valence-electron chi connectivity index (χ0n) is 9.23. The second-order valence-corrected chi connectivity index (χ2v) is 3.64. The highest BCUT2D eigenvalue weighted by atomic mass is 16.2. The molecule has 84 valence electrons. The molecule has 1 atom stereocenters. The fraction of sp³-hybridized carbons (Fsp3) is 0.600. The molecule has 5 nitrogen and oxygen atoms in total. The molecule has 1 amide bonds. The molecule has 0 unspecified atom stereocenters. The Kier molecular flexibility index (Phi) is 4.30. The van der Waals surface area contributed by atoms with Gasteiger partial charge in [-0.3, -0.25) is 9.48 Å². The molecular formula is C10H18N4O. The quantitative estimate of drug-likeness (QED) is 0.757. The fourth-order valence-corrected chi connectivity index (χ4v) is 1.28. The lowest BCUT2D eigenvalue weighted by atomic mass is 10.1. The van der Waals surface area contributed by atoms with Crippen LogP contribution in [0.1, 0.15) is 26.2 Å². The fourth-order valence-electron chi connectivity index (χ4n) is 1.28. The van der Waals surface area contributed by atoms with Gasteiger partial charge in [-0.05, 0) is 6.42 Å². The minimum Gasteiger partial charge on any atom is -0.322 e. The summed E-state index contributed by atoms with van der Waals surface area (Å²) >= 11 is 0. The van der Waals surface area contributed by atoms with Gasteiger partial charge in [0.1, 0.15) is 0 Å². The predicted molar refractivity (Wildman–Crippen MR) is 59.3 cm³/mol. The first kappa shape index (κ1) is 11.7. The summed E-state index contributed by atoms with van der Waals surface area (Å²) in [5, 5.41) is 6.68. The van der Waals surface area contributed by atoms with Crippen molar-refractivity contribution in [2.75, 3.05) is 5.32 Å². The summed E-state index contributed by atoms with van der Waals surface area (Å²) in [4.78, 5) is 11.6. The van der Waals surface area contributed by atoms with Crippen molar-refractivity contribution in [1.82, 2.24) is 9.78 Å². The third kappa shape index (κ3) is 3.71. The van der Waals surface area contributed by atoms with Crippen LogP contribution in [-0.4, -0.2) is 21.7 Å².